The molecule has 1 rings (SSSR count). The van der Waals surface area contributed by atoms with Crippen LogP contribution >= 0.6 is 0 Å². The molecular weight excluding hydrogens is 208 g/mol. The molecule has 16 heavy (non-hydrogen) atoms. The highest BCUT2D eigenvalue weighted by Gasteiger charge is 2.04. The van der Waals surface area contributed by atoms with Crippen LogP contribution in [0.5, 0.6) is 17.2 Å². The van der Waals surface area contributed by atoms with E-state index in [1.54, 1.807) is 39.3 Å². The zero-order valence-corrected chi connectivity index (χ0v) is 9.78. The maximum atomic E-state index is 11.1. The van der Waals surface area contributed by atoms with Crippen molar-refractivity contribution in [1.82, 2.24) is 0 Å². The van der Waals surface area contributed by atoms with Gasteiger partial charge in [-0.1, -0.05) is 6.92 Å². The van der Waals surface area contributed by atoms with Gasteiger partial charge in [-0.3, -0.25) is 4.79 Å². The van der Waals surface area contributed by atoms with Crippen molar-refractivity contribution in [3.05, 3.63) is 18.2 Å². The second kappa shape index (κ2) is 6.00. The summed E-state index contributed by atoms with van der Waals surface area (Å²) in [5.41, 5.74) is 0. The van der Waals surface area contributed by atoms with Crippen LogP contribution in [0.25, 0.3) is 0 Å². The third-order valence-corrected chi connectivity index (χ3v) is 2.12. The van der Waals surface area contributed by atoms with Crippen LogP contribution in [0.3, 0.4) is 0 Å². The molecule has 0 aliphatic carbocycles. The molecule has 0 saturated carbocycles. The van der Waals surface area contributed by atoms with Gasteiger partial charge in [0.25, 0.3) is 0 Å². The molecule has 4 nitrogen and oxygen atoms in total. The Morgan fingerprint density at radius 2 is 1.56 bits per heavy atom. The van der Waals surface area contributed by atoms with Gasteiger partial charge in [0.2, 0.25) is 0 Å². The highest BCUT2D eigenvalue weighted by molar-refractivity contribution is 5.79. The van der Waals surface area contributed by atoms with Gasteiger partial charge in [0, 0.05) is 24.6 Å². The molecule has 0 unspecified atom stereocenters. The van der Waals surface area contributed by atoms with Crippen LogP contribution in [-0.2, 0) is 4.79 Å². The molecule has 0 spiro atoms. The van der Waals surface area contributed by atoms with E-state index in [-0.39, 0.29) is 12.4 Å². The zero-order chi connectivity index (χ0) is 12.0. The largest absolute Gasteiger partial charge is 0.496 e. The maximum Gasteiger partial charge on any atom is 0.169 e. The van der Waals surface area contributed by atoms with Gasteiger partial charge in [-0.2, -0.15) is 0 Å². The maximum absolute atomic E-state index is 11.1. The Kier molecular flexibility index (Phi) is 4.64. The summed E-state index contributed by atoms with van der Waals surface area (Å²) in [6.07, 6.45) is 0.473. The molecule has 0 bridgehead atoms. The van der Waals surface area contributed by atoms with Crippen LogP contribution in [0.15, 0.2) is 18.2 Å². The van der Waals surface area contributed by atoms with Crippen molar-refractivity contribution in [2.75, 3.05) is 20.8 Å². The van der Waals surface area contributed by atoms with Crippen LogP contribution < -0.4 is 14.2 Å². The van der Waals surface area contributed by atoms with E-state index >= 15 is 0 Å². The first-order chi connectivity index (χ1) is 7.69. The lowest BCUT2D eigenvalue weighted by atomic mass is 10.3. The number of benzene rings is 1. The number of Topliss-reactive ketones (excluding diaryl/α,β-unsaturated/α-hetero) is 1. The highest BCUT2D eigenvalue weighted by Crippen LogP contribution is 2.27. The molecule has 1 aromatic carbocycles. The molecular formula is C12H16O4. The minimum Gasteiger partial charge on any atom is -0.496 e. The summed E-state index contributed by atoms with van der Waals surface area (Å²) >= 11 is 0. The van der Waals surface area contributed by atoms with E-state index in [4.69, 9.17) is 14.2 Å². The van der Waals surface area contributed by atoms with Gasteiger partial charge >= 0.3 is 0 Å². The zero-order valence-electron chi connectivity index (χ0n) is 9.78. The minimum atomic E-state index is 0.0572. The predicted octanol–water partition coefficient (Wildman–Crippen LogP) is 2.06. The second-order valence-electron chi connectivity index (χ2n) is 3.23. The Bertz CT molecular complexity index is 338. The quantitative estimate of drug-likeness (QED) is 0.742. The molecule has 0 amide bonds. The molecule has 0 radical (unpaired) electrons. The average molecular weight is 224 g/mol. The molecule has 0 atom stereocenters. The Labute approximate surface area is 95.1 Å². The predicted molar refractivity (Wildman–Crippen MR) is 60.3 cm³/mol. The van der Waals surface area contributed by atoms with E-state index in [2.05, 4.69) is 0 Å². The van der Waals surface area contributed by atoms with Crippen LogP contribution in [-0.4, -0.2) is 26.6 Å². The summed E-state index contributed by atoms with van der Waals surface area (Å²) in [5, 5.41) is 0. The Morgan fingerprint density at radius 3 is 2.00 bits per heavy atom. The van der Waals surface area contributed by atoms with Crippen molar-refractivity contribution in [3.8, 4) is 17.2 Å². The van der Waals surface area contributed by atoms with Crippen molar-refractivity contribution in [2.24, 2.45) is 0 Å². The molecule has 0 heterocycles. The van der Waals surface area contributed by atoms with Crippen LogP contribution in [0.2, 0.25) is 0 Å². The van der Waals surface area contributed by atoms with Gasteiger partial charge in [0.05, 0.1) is 14.2 Å². The topological polar surface area (TPSA) is 44.8 Å². The molecule has 4 heteroatoms. The number of methoxy groups -OCH3 is 2. The fourth-order valence-corrected chi connectivity index (χ4v) is 1.13. The standard InChI is InChI=1S/C12H16O4/c1-4-9(13)8-16-12-6-10(14-2)5-11(7-12)15-3/h5-7H,4,8H2,1-3H3. The van der Waals surface area contributed by atoms with Crippen molar-refractivity contribution in [2.45, 2.75) is 13.3 Å². The minimum absolute atomic E-state index is 0.0572. The monoisotopic (exact) mass is 224 g/mol. The SMILES string of the molecule is CCC(=O)COc1cc(OC)cc(OC)c1. The molecule has 1 aromatic rings. The van der Waals surface area contributed by atoms with Crippen molar-refractivity contribution >= 4 is 5.78 Å². The number of carbonyl (C=O) groups excluding carboxylic acids is 1. The number of hydrogen-bond acceptors (Lipinski definition) is 4. The second-order valence-corrected chi connectivity index (χ2v) is 3.23. The van der Waals surface area contributed by atoms with Crippen LogP contribution in [0.1, 0.15) is 13.3 Å². The van der Waals surface area contributed by atoms with Crippen LogP contribution in [0.4, 0.5) is 0 Å². The third-order valence-electron chi connectivity index (χ3n) is 2.12. The summed E-state index contributed by atoms with van der Waals surface area (Å²) in [4.78, 5) is 11.1. The van der Waals surface area contributed by atoms with E-state index in [1.165, 1.54) is 0 Å². The average Bonchev–Trinajstić information content (AvgIpc) is 2.35. The summed E-state index contributed by atoms with van der Waals surface area (Å²) in [6.45, 7) is 1.88. The fraction of sp³-hybridized carbons (Fsp3) is 0.417. The van der Waals surface area contributed by atoms with Crippen molar-refractivity contribution in [1.29, 1.82) is 0 Å². The normalized spacial score (nSPS) is 9.69. The fourth-order valence-electron chi connectivity index (χ4n) is 1.13. The molecule has 0 N–H and O–H groups in total. The van der Waals surface area contributed by atoms with Gasteiger partial charge in [-0.25, -0.2) is 0 Å². The molecule has 0 aliphatic heterocycles. The molecule has 0 aliphatic rings. The third kappa shape index (κ3) is 3.46. The summed E-state index contributed by atoms with van der Waals surface area (Å²) in [5.74, 6) is 1.90. The van der Waals surface area contributed by atoms with E-state index in [9.17, 15) is 4.79 Å². The van der Waals surface area contributed by atoms with E-state index in [1.807, 2.05) is 0 Å². The van der Waals surface area contributed by atoms with E-state index in [0.29, 0.717) is 23.7 Å². The summed E-state index contributed by atoms with van der Waals surface area (Å²) in [7, 11) is 3.13. The van der Waals surface area contributed by atoms with E-state index < -0.39 is 0 Å². The van der Waals surface area contributed by atoms with Gasteiger partial charge in [0.1, 0.15) is 23.9 Å². The molecule has 0 aromatic heterocycles. The number of ether oxygens (including phenoxy) is 3. The van der Waals surface area contributed by atoms with Crippen LogP contribution in [0, 0.1) is 0 Å². The summed E-state index contributed by atoms with van der Waals surface area (Å²) in [6, 6.07) is 5.17. The highest BCUT2D eigenvalue weighted by atomic mass is 16.5. The van der Waals surface area contributed by atoms with Gasteiger partial charge in [-0.15, -0.1) is 0 Å². The van der Waals surface area contributed by atoms with Crippen molar-refractivity contribution in [3.63, 3.8) is 0 Å². The first-order valence-corrected chi connectivity index (χ1v) is 5.07. The Hall–Kier alpha value is -1.71. The first-order valence-electron chi connectivity index (χ1n) is 5.07. The van der Waals surface area contributed by atoms with Gasteiger partial charge < -0.3 is 14.2 Å². The van der Waals surface area contributed by atoms with Gasteiger partial charge in [0.15, 0.2) is 5.78 Å². The Morgan fingerprint density at radius 1 is 1.06 bits per heavy atom. The summed E-state index contributed by atoms with van der Waals surface area (Å²) < 4.78 is 15.5. The number of rotatable bonds is 6. The molecule has 0 fully saturated rings. The number of ketones is 1. The number of hydrogen-bond donors (Lipinski definition) is 0. The lowest BCUT2D eigenvalue weighted by Crippen LogP contribution is -2.09. The molecule has 0 saturated heterocycles. The first kappa shape index (κ1) is 12.4. The van der Waals surface area contributed by atoms with E-state index in [0.717, 1.165) is 0 Å². The lowest BCUT2D eigenvalue weighted by Gasteiger charge is -2.09. The van der Waals surface area contributed by atoms with Gasteiger partial charge in [-0.05, 0) is 0 Å². The number of carbonyl (C=O) groups is 1. The lowest BCUT2D eigenvalue weighted by molar-refractivity contribution is -0.120. The van der Waals surface area contributed by atoms with Crippen molar-refractivity contribution < 1.29 is 19.0 Å². The molecule has 88 valence electrons. The Balaban J connectivity index is 2.74. The smallest absolute Gasteiger partial charge is 0.169 e.